The molecule has 2 aromatic heterocycles. The highest BCUT2D eigenvalue weighted by Crippen LogP contribution is 2.28. The van der Waals surface area contributed by atoms with E-state index in [2.05, 4.69) is 27.4 Å². The molecule has 0 amide bonds. The van der Waals surface area contributed by atoms with Gasteiger partial charge in [0.1, 0.15) is 16.6 Å². The van der Waals surface area contributed by atoms with E-state index in [0.717, 1.165) is 33.5 Å². The number of ether oxygens (including phenoxy) is 1. The highest BCUT2D eigenvalue weighted by molar-refractivity contribution is 7.09. The molecular weight excluding hydrogens is 308 g/mol. The van der Waals surface area contributed by atoms with Gasteiger partial charge in [0.2, 0.25) is 0 Å². The number of para-hydroxylation sites is 1. The molecule has 0 aliphatic carbocycles. The number of methoxy groups -OCH3 is 1. The first-order valence-electron chi connectivity index (χ1n) is 7.33. The third-order valence-corrected chi connectivity index (χ3v) is 4.56. The zero-order chi connectivity index (χ0) is 16.2. The summed E-state index contributed by atoms with van der Waals surface area (Å²) in [6.45, 7) is 4.06. The number of benzene rings is 1. The summed E-state index contributed by atoms with van der Waals surface area (Å²) >= 11 is 1.64. The number of hydrogen-bond donors (Lipinski definition) is 1. The van der Waals surface area contributed by atoms with E-state index in [4.69, 9.17) is 4.74 Å². The molecule has 0 saturated heterocycles. The van der Waals surface area contributed by atoms with E-state index in [0.29, 0.717) is 0 Å². The molecule has 3 aromatic rings. The lowest BCUT2D eigenvalue weighted by molar-refractivity contribution is 0.416. The number of aryl methyl sites for hydroxylation is 1. The summed E-state index contributed by atoms with van der Waals surface area (Å²) in [5.74, 6) is 1.51. The average Bonchev–Trinajstić information content (AvgIpc) is 3.02. The molecule has 1 aromatic carbocycles. The van der Waals surface area contributed by atoms with Crippen LogP contribution in [-0.2, 0) is 0 Å². The molecule has 5 nitrogen and oxygen atoms in total. The first-order valence-corrected chi connectivity index (χ1v) is 8.21. The first kappa shape index (κ1) is 15.4. The van der Waals surface area contributed by atoms with Crippen molar-refractivity contribution < 1.29 is 4.74 Å². The van der Waals surface area contributed by atoms with Crippen LogP contribution in [0.25, 0.3) is 11.3 Å². The minimum Gasteiger partial charge on any atom is -0.496 e. The van der Waals surface area contributed by atoms with Crippen molar-refractivity contribution in [3.8, 4) is 17.0 Å². The van der Waals surface area contributed by atoms with E-state index in [9.17, 15) is 0 Å². The fourth-order valence-corrected chi connectivity index (χ4v) is 3.07. The second-order valence-corrected chi connectivity index (χ2v) is 6.09. The van der Waals surface area contributed by atoms with Gasteiger partial charge in [-0.05, 0) is 38.1 Å². The Morgan fingerprint density at radius 2 is 1.96 bits per heavy atom. The third kappa shape index (κ3) is 3.48. The number of thiazole rings is 1. The molecule has 1 atom stereocenters. The SMILES string of the molecule is COc1ccccc1-c1ccc(N[C@@H](C)c2nc(C)cs2)nn1. The van der Waals surface area contributed by atoms with Crippen molar-refractivity contribution in [3.63, 3.8) is 0 Å². The molecule has 0 aliphatic rings. The van der Waals surface area contributed by atoms with Gasteiger partial charge in [0.25, 0.3) is 0 Å². The van der Waals surface area contributed by atoms with Crippen molar-refractivity contribution >= 4 is 17.2 Å². The minimum atomic E-state index is 0.0973. The van der Waals surface area contributed by atoms with Crippen molar-refractivity contribution in [1.29, 1.82) is 0 Å². The van der Waals surface area contributed by atoms with Crippen molar-refractivity contribution in [1.82, 2.24) is 15.2 Å². The van der Waals surface area contributed by atoms with Crippen LogP contribution in [0.15, 0.2) is 41.8 Å². The van der Waals surface area contributed by atoms with Gasteiger partial charge in [0.15, 0.2) is 0 Å². The standard InChI is InChI=1S/C17H18N4OS/c1-11-10-23-17(18-11)12(2)19-16-9-8-14(20-21-16)13-6-4-5-7-15(13)22-3/h4-10,12H,1-3H3,(H,19,21)/t12-/m0/s1. The smallest absolute Gasteiger partial charge is 0.149 e. The molecule has 0 saturated carbocycles. The van der Waals surface area contributed by atoms with E-state index >= 15 is 0 Å². The normalized spacial score (nSPS) is 12.0. The Morgan fingerprint density at radius 1 is 1.13 bits per heavy atom. The van der Waals surface area contributed by atoms with Gasteiger partial charge < -0.3 is 10.1 Å². The van der Waals surface area contributed by atoms with Crippen LogP contribution in [0.2, 0.25) is 0 Å². The zero-order valence-electron chi connectivity index (χ0n) is 13.3. The van der Waals surface area contributed by atoms with E-state index in [1.54, 1.807) is 18.4 Å². The fraction of sp³-hybridized carbons (Fsp3) is 0.235. The summed E-state index contributed by atoms with van der Waals surface area (Å²) in [6, 6.07) is 11.7. The largest absolute Gasteiger partial charge is 0.496 e. The van der Waals surface area contributed by atoms with Crippen LogP contribution >= 0.6 is 11.3 Å². The summed E-state index contributed by atoms with van der Waals surface area (Å²) in [5, 5.41) is 15.0. The van der Waals surface area contributed by atoms with E-state index in [-0.39, 0.29) is 6.04 Å². The molecule has 0 bridgehead atoms. The molecule has 0 aliphatic heterocycles. The van der Waals surface area contributed by atoms with Gasteiger partial charge >= 0.3 is 0 Å². The highest BCUT2D eigenvalue weighted by atomic mass is 32.1. The molecule has 2 heterocycles. The quantitative estimate of drug-likeness (QED) is 0.765. The van der Waals surface area contributed by atoms with Crippen molar-refractivity contribution in [2.24, 2.45) is 0 Å². The van der Waals surface area contributed by atoms with Gasteiger partial charge in [0.05, 0.1) is 18.8 Å². The zero-order valence-corrected chi connectivity index (χ0v) is 14.1. The minimum absolute atomic E-state index is 0.0973. The summed E-state index contributed by atoms with van der Waals surface area (Å²) in [5.41, 5.74) is 2.75. The second-order valence-electron chi connectivity index (χ2n) is 5.20. The Balaban J connectivity index is 1.77. The summed E-state index contributed by atoms with van der Waals surface area (Å²) in [6.07, 6.45) is 0. The maximum Gasteiger partial charge on any atom is 0.149 e. The van der Waals surface area contributed by atoms with Crippen molar-refractivity contribution in [2.45, 2.75) is 19.9 Å². The third-order valence-electron chi connectivity index (χ3n) is 3.42. The Labute approximate surface area is 139 Å². The summed E-state index contributed by atoms with van der Waals surface area (Å²) < 4.78 is 5.36. The monoisotopic (exact) mass is 326 g/mol. The van der Waals surface area contributed by atoms with Crippen molar-refractivity contribution in [2.75, 3.05) is 12.4 Å². The van der Waals surface area contributed by atoms with E-state index < -0.39 is 0 Å². The second kappa shape index (κ2) is 6.75. The molecule has 0 fully saturated rings. The predicted molar refractivity (Wildman–Crippen MR) is 92.9 cm³/mol. The lowest BCUT2D eigenvalue weighted by Gasteiger charge is -2.12. The molecule has 6 heteroatoms. The number of nitrogens with zero attached hydrogens (tertiary/aromatic N) is 3. The Bertz CT molecular complexity index is 785. The van der Waals surface area contributed by atoms with Gasteiger partial charge in [-0.2, -0.15) is 0 Å². The maximum absolute atomic E-state index is 5.36. The lowest BCUT2D eigenvalue weighted by atomic mass is 10.1. The number of hydrogen-bond acceptors (Lipinski definition) is 6. The molecule has 0 unspecified atom stereocenters. The fourth-order valence-electron chi connectivity index (χ4n) is 2.26. The Hall–Kier alpha value is -2.47. The summed E-state index contributed by atoms with van der Waals surface area (Å²) in [4.78, 5) is 4.49. The van der Waals surface area contributed by atoms with Crippen LogP contribution in [0.5, 0.6) is 5.75 Å². The van der Waals surface area contributed by atoms with Crippen LogP contribution in [0.1, 0.15) is 23.7 Å². The highest BCUT2D eigenvalue weighted by Gasteiger charge is 2.11. The molecule has 3 rings (SSSR count). The van der Waals surface area contributed by atoms with Crippen LogP contribution in [0.3, 0.4) is 0 Å². The number of rotatable bonds is 5. The number of nitrogens with one attached hydrogen (secondary N) is 1. The Morgan fingerprint density at radius 3 is 2.61 bits per heavy atom. The van der Waals surface area contributed by atoms with E-state index in [1.165, 1.54) is 0 Å². The van der Waals surface area contributed by atoms with Crippen LogP contribution in [-0.4, -0.2) is 22.3 Å². The first-order chi connectivity index (χ1) is 11.2. The van der Waals surface area contributed by atoms with Crippen LogP contribution < -0.4 is 10.1 Å². The van der Waals surface area contributed by atoms with Crippen LogP contribution in [0.4, 0.5) is 5.82 Å². The summed E-state index contributed by atoms with van der Waals surface area (Å²) in [7, 11) is 1.65. The van der Waals surface area contributed by atoms with Crippen LogP contribution in [0, 0.1) is 6.92 Å². The van der Waals surface area contributed by atoms with Crippen molar-refractivity contribution in [3.05, 3.63) is 52.5 Å². The number of aromatic nitrogens is 3. The molecule has 0 radical (unpaired) electrons. The van der Waals surface area contributed by atoms with Gasteiger partial charge in [0, 0.05) is 16.6 Å². The topological polar surface area (TPSA) is 59.9 Å². The molecule has 23 heavy (non-hydrogen) atoms. The lowest BCUT2D eigenvalue weighted by Crippen LogP contribution is -2.08. The van der Waals surface area contributed by atoms with Gasteiger partial charge in [-0.15, -0.1) is 21.5 Å². The molecule has 1 N–H and O–H groups in total. The van der Waals surface area contributed by atoms with Gasteiger partial charge in [-0.25, -0.2) is 4.98 Å². The Kier molecular flexibility index (Phi) is 4.52. The predicted octanol–water partition coefficient (Wildman–Crippen LogP) is 4.09. The average molecular weight is 326 g/mol. The van der Waals surface area contributed by atoms with Gasteiger partial charge in [-0.1, -0.05) is 12.1 Å². The molecular formula is C17H18N4OS. The van der Waals surface area contributed by atoms with Gasteiger partial charge in [-0.3, -0.25) is 0 Å². The maximum atomic E-state index is 5.36. The number of anilines is 1. The molecule has 0 spiro atoms. The molecule has 118 valence electrons. The van der Waals surface area contributed by atoms with E-state index in [1.807, 2.05) is 48.7 Å².